The zero-order valence-electron chi connectivity index (χ0n) is 14.2. The minimum Gasteiger partial charge on any atom is -0.389 e. The third kappa shape index (κ3) is 4.64. The minimum absolute atomic E-state index is 0.193. The molecule has 1 aliphatic rings. The van der Waals surface area contributed by atoms with E-state index in [0.29, 0.717) is 25.1 Å². The third-order valence-electron chi connectivity index (χ3n) is 3.92. The van der Waals surface area contributed by atoms with Gasteiger partial charge >= 0.3 is 6.03 Å². The number of urea groups is 1. The van der Waals surface area contributed by atoms with Gasteiger partial charge in [-0.1, -0.05) is 6.07 Å². The molecule has 2 rings (SSSR count). The van der Waals surface area contributed by atoms with Crippen LogP contribution in [0.25, 0.3) is 0 Å². The van der Waals surface area contributed by atoms with Crippen LogP contribution in [0.1, 0.15) is 38.9 Å². The van der Waals surface area contributed by atoms with Gasteiger partial charge in [0.15, 0.2) is 11.6 Å². The molecule has 2 atom stereocenters. The smallest absolute Gasteiger partial charge is 0.317 e. The van der Waals surface area contributed by atoms with Crippen LogP contribution >= 0.6 is 0 Å². The summed E-state index contributed by atoms with van der Waals surface area (Å²) in [7, 11) is 0. The molecule has 0 aromatic heterocycles. The molecule has 7 heteroatoms. The molecule has 1 fully saturated rings. The highest BCUT2D eigenvalue weighted by molar-refractivity contribution is 5.74. The Morgan fingerprint density at radius 2 is 2.12 bits per heavy atom. The third-order valence-corrected chi connectivity index (χ3v) is 3.92. The standard InChI is InChI=1S/C17H24F2N2O3/c1-4-21(10-17(2,3)23)16(22)20-14-7-8-24-15(14)11-5-6-12(18)13(19)9-11/h5-6,9,14-15,23H,4,7-8,10H2,1-3H3,(H,20,22). The van der Waals surface area contributed by atoms with Crippen LogP contribution in [0.4, 0.5) is 13.6 Å². The predicted molar refractivity (Wildman–Crippen MR) is 85.5 cm³/mol. The predicted octanol–water partition coefficient (Wildman–Crippen LogP) is 2.60. The van der Waals surface area contributed by atoms with Crippen molar-refractivity contribution in [2.45, 2.75) is 44.9 Å². The van der Waals surface area contributed by atoms with Crippen LogP contribution in [0.15, 0.2) is 18.2 Å². The summed E-state index contributed by atoms with van der Waals surface area (Å²) in [5.74, 6) is -1.86. The Labute approximate surface area is 140 Å². The van der Waals surface area contributed by atoms with Crippen molar-refractivity contribution in [1.29, 1.82) is 0 Å². The van der Waals surface area contributed by atoms with Crippen molar-refractivity contribution >= 4 is 6.03 Å². The Morgan fingerprint density at radius 3 is 2.71 bits per heavy atom. The molecular formula is C17H24F2N2O3. The Balaban J connectivity index is 2.07. The highest BCUT2D eigenvalue weighted by Gasteiger charge is 2.33. The number of aliphatic hydroxyl groups is 1. The Hall–Kier alpha value is -1.73. The molecule has 2 N–H and O–H groups in total. The number of likely N-dealkylation sites (N-methyl/N-ethyl adjacent to an activating group) is 1. The molecule has 2 unspecified atom stereocenters. The first-order chi connectivity index (χ1) is 11.2. The lowest BCUT2D eigenvalue weighted by molar-refractivity contribution is 0.0464. The zero-order valence-corrected chi connectivity index (χ0v) is 14.2. The number of carbonyl (C=O) groups excluding carboxylic acids is 1. The lowest BCUT2D eigenvalue weighted by Gasteiger charge is -2.30. The van der Waals surface area contributed by atoms with Crippen LogP contribution in [-0.2, 0) is 4.74 Å². The van der Waals surface area contributed by atoms with E-state index >= 15 is 0 Å². The highest BCUT2D eigenvalue weighted by Crippen LogP contribution is 2.30. The van der Waals surface area contributed by atoms with Gasteiger partial charge in [-0.15, -0.1) is 0 Å². The van der Waals surface area contributed by atoms with E-state index < -0.39 is 23.3 Å². The molecule has 2 amide bonds. The molecule has 0 bridgehead atoms. The number of ether oxygens (including phenoxy) is 1. The van der Waals surface area contributed by atoms with Gasteiger partial charge in [0, 0.05) is 13.2 Å². The van der Waals surface area contributed by atoms with Crippen molar-refractivity contribution in [3.05, 3.63) is 35.4 Å². The van der Waals surface area contributed by atoms with Gasteiger partial charge in [0.05, 0.1) is 18.2 Å². The van der Waals surface area contributed by atoms with Gasteiger partial charge in [-0.25, -0.2) is 13.6 Å². The van der Waals surface area contributed by atoms with Crippen LogP contribution in [-0.4, -0.2) is 47.4 Å². The van der Waals surface area contributed by atoms with Crippen LogP contribution in [0.2, 0.25) is 0 Å². The van der Waals surface area contributed by atoms with E-state index in [1.165, 1.54) is 11.0 Å². The van der Waals surface area contributed by atoms with Crippen LogP contribution in [0.3, 0.4) is 0 Å². The number of amides is 2. The minimum atomic E-state index is -1.00. The lowest BCUT2D eigenvalue weighted by Crippen LogP contribution is -2.50. The van der Waals surface area contributed by atoms with Crippen LogP contribution in [0.5, 0.6) is 0 Å². The Bertz CT molecular complexity index is 590. The summed E-state index contributed by atoms with van der Waals surface area (Å²) in [6.45, 7) is 6.14. The molecule has 1 aromatic rings. The molecule has 0 aliphatic carbocycles. The molecule has 0 radical (unpaired) electrons. The van der Waals surface area contributed by atoms with Crippen molar-refractivity contribution in [2.24, 2.45) is 0 Å². The van der Waals surface area contributed by atoms with Gasteiger partial charge in [0.1, 0.15) is 6.10 Å². The Morgan fingerprint density at radius 1 is 1.42 bits per heavy atom. The zero-order chi connectivity index (χ0) is 17.9. The van der Waals surface area contributed by atoms with Gasteiger partial charge in [-0.05, 0) is 44.9 Å². The molecule has 1 heterocycles. The first-order valence-electron chi connectivity index (χ1n) is 8.05. The van der Waals surface area contributed by atoms with Crippen LogP contribution in [0, 0.1) is 11.6 Å². The maximum Gasteiger partial charge on any atom is 0.317 e. The summed E-state index contributed by atoms with van der Waals surface area (Å²) in [5.41, 5.74) is -0.513. The second-order valence-corrected chi connectivity index (χ2v) is 6.64. The van der Waals surface area contributed by atoms with Crippen molar-refractivity contribution < 1.29 is 23.4 Å². The van der Waals surface area contributed by atoms with E-state index in [4.69, 9.17) is 4.74 Å². The normalized spacial score (nSPS) is 20.9. The van der Waals surface area contributed by atoms with Crippen molar-refractivity contribution in [3.8, 4) is 0 Å². The fraction of sp³-hybridized carbons (Fsp3) is 0.588. The van der Waals surface area contributed by atoms with Crippen molar-refractivity contribution in [1.82, 2.24) is 10.2 Å². The fourth-order valence-electron chi connectivity index (χ4n) is 2.80. The first-order valence-corrected chi connectivity index (χ1v) is 8.05. The molecule has 0 saturated carbocycles. The summed E-state index contributed by atoms with van der Waals surface area (Å²) in [6.07, 6.45) is 0.0556. The topological polar surface area (TPSA) is 61.8 Å². The number of rotatable bonds is 5. The van der Waals surface area contributed by atoms with Crippen LogP contribution < -0.4 is 5.32 Å². The molecule has 0 spiro atoms. The number of hydrogen-bond donors (Lipinski definition) is 2. The number of benzene rings is 1. The lowest BCUT2D eigenvalue weighted by atomic mass is 10.0. The molecule has 1 aromatic carbocycles. The van der Waals surface area contributed by atoms with Gasteiger partial charge in [-0.2, -0.15) is 0 Å². The maximum atomic E-state index is 13.4. The summed E-state index contributed by atoms with van der Waals surface area (Å²) < 4.78 is 32.1. The van der Waals surface area contributed by atoms with E-state index in [9.17, 15) is 18.7 Å². The second kappa shape index (κ2) is 7.44. The molecule has 134 valence electrons. The first kappa shape index (κ1) is 18.6. The van der Waals surface area contributed by atoms with Gasteiger partial charge in [0.25, 0.3) is 0 Å². The van der Waals surface area contributed by atoms with E-state index in [0.717, 1.165) is 12.1 Å². The average molecular weight is 342 g/mol. The molecular weight excluding hydrogens is 318 g/mol. The van der Waals surface area contributed by atoms with E-state index in [2.05, 4.69) is 5.32 Å². The molecule has 1 saturated heterocycles. The fourth-order valence-corrected chi connectivity index (χ4v) is 2.80. The van der Waals surface area contributed by atoms with E-state index in [1.54, 1.807) is 13.8 Å². The number of nitrogens with zero attached hydrogens (tertiary/aromatic N) is 1. The molecule has 1 aliphatic heterocycles. The molecule has 24 heavy (non-hydrogen) atoms. The Kier molecular flexibility index (Phi) is 5.77. The average Bonchev–Trinajstić information content (AvgIpc) is 2.94. The summed E-state index contributed by atoms with van der Waals surface area (Å²) in [6, 6.07) is 2.96. The number of carbonyl (C=O) groups is 1. The quantitative estimate of drug-likeness (QED) is 0.865. The number of hydrogen-bond acceptors (Lipinski definition) is 3. The number of halogens is 2. The number of nitrogens with one attached hydrogen (secondary N) is 1. The van der Waals surface area contributed by atoms with Gasteiger partial charge in [-0.3, -0.25) is 0 Å². The van der Waals surface area contributed by atoms with Crippen molar-refractivity contribution in [3.63, 3.8) is 0 Å². The maximum absolute atomic E-state index is 13.4. The van der Waals surface area contributed by atoms with E-state index in [-0.39, 0.29) is 18.6 Å². The highest BCUT2D eigenvalue weighted by atomic mass is 19.2. The largest absolute Gasteiger partial charge is 0.389 e. The van der Waals surface area contributed by atoms with Crippen molar-refractivity contribution in [2.75, 3.05) is 19.7 Å². The summed E-state index contributed by atoms with van der Waals surface area (Å²) >= 11 is 0. The summed E-state index contributed by atoms with van der Waals surface area (Å²) in [5, 5.41) is 12.8. The second-order valence-electron chi connectivity index (χ2n) is 6.64. The van der Waals surface area contributed by atoms with E-state index in [1.807, 2.05) is 6.92 Å². The monoisotopic (exact) mass is 342 g/mol. The SMILES string of the molecule is CCN(CC(C)(C)O)C(=O)NC1CCOC1c1ccc(F)c(F)c1. The summed E-state index contributed by atoms with van der Waals surface area (Å²) in [4.78, 5) is 13.9. The van der Waals surface area contributed by atoms with Gasteiger partial charge in [0.2, 0.25) is 0 Å². The van der Waals surface area contributed by atoms with Gasteiger partial charge < -0.3 is 20.1 Å². The molecule has 5 nitrogen and oxygen atoms in total.